The first kappa shape index (κ1) is 21.3. The quantitative estimate of drug-likeness (QED) is 0.692. The van der Waals surface area contributed by atoms with Crippen LogP contribution in [0.2, 0.25) is 5.02 Å². The van der Waals surface area contributed by atoms with Crippen molar-refractivity contribution in [2.24, 2.45) is 0 Å². The van der Waals surface area contributed by atoms with E-state index in [0.717, 1.165) is 0 Å². The number of halogens is 1. The zero-order chi connectivity index (χ0) is 21.3. The number of carbonyl (C=O) groups is 2. The summed E-state index contributed by atoms with van der Waals surface area (Å²) in [4.78, 5) is 29.9. The molecule has 160 valence electrons. The SMILES string of the molecule is O=C(c1cccs1)N1CCN(C(=O)[C@@H]2CCCN2S(=O)(=O)c2ccc(Cl)cc2)CC1. The zero-order valence-electron chi connectivity index (χ0n) is 16.2. The summed E-state index contributed by atoms with van der Waals surface area (Å²) in [6.45, 7) is 2.01. The third-order valence-electron chi connectivity index (χ3n) is 5.52. The molecule has 2 amide bonds. The van der Waals surface area contributed by atoms with Crippen LogP contribution in [0.1, 0.15) is 22.5 Å². The highest BCUT2D eigenvalue weighted by molar-refractivity contribution is 7.89. The largest absolute Gasteiger partial charge is 0.338 e. The predicted octanol–water partition coefficient (Wildman–Crippen LogP) is 2.54. The third kappa shape index (κ3) is 4.12. The van der Waals surface area contributed by atoms with Gasteiger partial charge in [-0.1, -0.05) is 17.7 Å². The van der Waals surface area contributed by atoms with Gasteiger partial charge in [-0.2, -0.15) is 4.31 Å². The Kier molecular flexibility index (Phi) is 6.15. The molecule has 1 aromatic carbocycles. The number of hydrogen-bond acceptors (Lipinski definition) is 5. The minimum atomic E-state index is -3.78. The van der Waals surface area contributed by atoms with E-state index in [1.54, 1.807) is 15.9 Å². The standard InChI is InChI=1S/C20H22ClN3O4S2/c21-15-5-7-16(8-6-15)30(27,28)24-9-1-3-17(24)19(25)22-10-12-23(13-11-22)20(26)18-4-2-14-29-18/h2,4-8,14,17H,1,3,9-13H2/t17-/m0/s1. The lowest BCUT2D eigenvalue weighted by Gasteiger charge is -2.37. The van der Waals surface area contributed by atoms with Crippen LogP contribution in [0.15, 0.2) is 46.7 Å². The molecule has 0 saturated carbocycles. The molecule has 1 atom stereocenters. The lowest BCUT2D eigenvalue weighted by Crippen LogP contribution is -2.55. The van der Waals surface area contributed by atoms with Crippen molar-refractivity contribution in [2.75, 3.05) is 32.7 Å². The summed E-state index contributed by atoms with van der Waals surface area (Å²) in [6.07, 6.45) is 1.14. The van der Waals surface area contributed by atoms with Crippen molar-refractivity contribution in [1.29, 1.82) is 0 Å². The van der Waals surface area contributed by atoms with Crippen LogP contribution in [-0.2, 0) is 14.8 Å². The molecule has 0 N–H and O–H groups in total. The van der Waals surface area contributed by atoms with Gasteiger partial charge in [-0.05, 0) is 48.6 Å². The Morgan fingerprint density at radius 3 is 2.27 bits per heavy atom. The van der Waals surface area contributed by atoms with Gasteiger partial charge in [-0.15, -0.1) is 11.3 Å². The average molecular weight is 468 g/mol. The molecule has 2 aromatic rings. The third-order valence-corrected chi connectivity index (χ3v) is 8.55. The number of thiophene rings is 1. The maximum Gasteiger partial charge on any atom is 0.264 e. The Labute approximate surface area is 184 Å². The first-order valence-corrected chi connectivity index (χ1v) is 12.5. The molecule has 2 saturated heterocycles. The summed E-state index contributed by atoms with van der Waals surface area (Å²) in [5.74, 6) is -0.210. The summed E-state index contributed by atoms with van der Waals surface area (Å²) >= 11 is 7.27. The summed E-state index contributed by atoms with van der Waals surface area (Å²) in [5.41, 5.74) is 0. The second kappa shape index (κ2) is 8.66. The fourth-order valence-electron chi connectivity index (χ4n) is 3.91. The van der Waals surface area contributed by atoms with Crippen molar-refractivity contribution in [2.45, 2.75) is 23.8 Å². The molecule has 4 rings (SSSR count). The number of sulfonamides is 1. The Bertz CT molecular complexity index is 1020. The molecule has 0 unspecified atom stereocenters. The fraction of sp³-hybridized carbons (Fsp3) is 0.400. The van der Waals surface area contributed by atoms with E-state index in [2.05, 4.69) is 0 Å². The molecule has 1 aromatic heterocycles. The van der Waals surface area contributed by atoms with Crippen molar-refractivity contribution < 1.29 is 18.0 Å². The van der Waals surface area contributed by atoms with Gasteiger partial charge in [0.1, 0.15) is 6.04 Å². The minimum absolute atomic E-state index is 0.0232. The first-order valence-electron chi connectivity index (χ1n) is 9.77. The van der Waals surface area contributed by atoms with Gasteiger partial charge in [0, 0.05) is 37.7 Å². The molecule has 2 aliphatic rings. The van der Waals surface area contributed by atoms with Gasteiger partial charge in [-0.3, -0.25) is 9.59 Å². The van der Waals surface area contributed by atoms with Crippen LogP contribution in [0.25, 0.3) is 0 Å². The number of rotatable bonds is 4. The van der Waals surface area contributed by atoms with Gasteiger partial charge >= 0.3 is 0 Å². The smallest absolute Gasteiger partial charge is 0.264 e. The summed E-state index contributed by atoms with van der Waals surface area (Å²) < 4.78 is 27.5. The fourth-order valence-corrected chi connectivity index (χ4v) is 6.38. The maximum atomic E-state index is 13.1. The molecule has 0 bridgehead atoms. The summed E-state index contributed by atoms with van der Waals surface area (Å²) in [5, 5.41) is 2.32. The van der Waals surface area contributed by atoms with E-state index in [1.807, 2.05) is 11.4 Å². The second-order valence-electron chi connectivity index (χ2n) is 7.32. The molecule has 30 heavy (non-hydrogen) atoms. The van der Waals surface area contributed by atoms with Gasteiger partial charge in [0.05, 0.1) is 9.77 Å². The van der Waals surface area contributed by atoms with Crippen molar-refractivity contribution in [3.63, 3.8) is 0 Å². The van der Waals surface area contributed by atoms with Crippen molar-refractivity contribution in [1.82, 2.24) is 14.1 Å². The van der Waals surface area contributed by atoms with Gasteiger partial charge in [-0.25, -0.2) is 8.42 Å². The Morgan fingerprint density at radius 1 is 0.967 bits per heavy atom. The monoisotopic (exact) mass is 467 g/mol. The molecule has 7 nitrogen and oxygen atoms in total. The van der Waals surface area contributed by atoms with E-state index in [9.17, 15) is 18.0 Å². The van der Waals surface area contributed by atoms with Gasteiger partial charge in [0.15, 0.2) is 0 Å². The molecular weight excluding hydrogens is 446 g/mol. The molecule has 10 heteroatoms. The van der Waals surface area contributed by atoms with E-state index in [1.165, 1.54) is 39.9 Å². The summed E-state index contributed by atoms with van der Waals surface area (Å²) in [6, 6.07) is 8.93. The van der Waals surface area contributed by atoms with Gasteiger partial charge in [0.25, 0.3) is 5.91 Å². The highest BCUT2D eigenvalue weighted by Crippen LogP contribution is 2.28. The Hall–Kier alpha value is -1.94. The van der Waals surface area contributed by atoms with Crippen LogP contribution in [0.3, 0.4) is 0 Å². The topological polar surface area (TPSA) is 78.0 Å². The van der Waals surface area contributed by atoms with E-state index in [-0.39, 0.29) is 16.7 Å². The molecular formula is C20H22ClN3O4S2. The van der Waals surface area contributed by atoms with Crippen LogP contribution < -0.4 is 0 Å². The number of piperazine rings is 1. The minimum Gasteiger partial charge on any atom is -0.338 e. The highest BCUT2D eigenvalue weighted by Gasteiger charge is 2.41. The van der Waals surface area contributed by atoms with Crippen molar-refractivity contribution >= 4 is 44.8 Å². The molecule has 0 radical (unpaired) electrons. The first-order chi connectivity index (χ1) is 14.4. The number of carbonyl (C=O) groups excluding carboxylic acids is 2. The highest BCUT2D eigenvalue weighted by atomic mass is 35.5. The molecule has 3 heterocycles. The Morgan fingerprint density at radius 2 is 1.63 bits per heavy atom. The van der Waals surface area contributed by atoms with Crippen molar-refractivity contribution in [3.8, 4) is 0 Å². The molecule has 0 spiro atoms. The van der Waals surface area contributed by atoms with E-state index < -0.39 is 16.1 Å². The Balaban J connectivity index is 1.43. The van der Waals surface area contributed by atoms with Crippen LogP contribution in [0.4, 0.5) is 0 Å². The van der Waals surface area contributed by atoms with Gasteiger partial charge < -0.3 is 9.80 Å². The number of amides is 2. The average Bonchev–Trinajstić information content (AvgIpc) is 3.45. The lowest BCUT2D eigenvalue weighted by molar-refractivity contribution is -0.136. The van der Waals surface area contributed by atoms with Crippen LogP contribution >= 0.6 is 22.9 Å². The lowest BCUT2D eigenvalue weighted by atomic mass is 10.2. The van der Waals surface area contributed by atoms with E-state index in [0.29, 0.717) is 55.5 Å². The number of hydrogen-bond donors (Lipinski definition) is 0. The second-order valence-corrected chi connectivity index (χ2v) is 10.6. The zero-order valence-corrected chi connectivity index (χ0v) is 18.6. The maximum absolute atomic E-state index is 13.1. The van der Waals surface area contributed by atoms with E-state index in [4.69, 9.17) is 11.6 Å². The molecule has 2 aliphatic heterocycles. The van der Waals surface area contributed by atoms with Gasteiger partial charge in [0.2, 0.25) is 15.9 Å². The summed E-state index contributed by atoms with van der Waals surface area (Å²) in [7, 11) is -3.78. The molecule has 2 fully saturated rings. The van der Waals surface area contributed by atoms with Crippen molar-refractivity contribution in [3.05, 3.63) is 51.7 Å². The van der Waals surface area contributed by atoms with Crippen LogP contribution in [-0.4, -0.2) is 73.1 Å². The van der Waals surface area contributed by atoms with Crippen LogP contribution in [0, 0.1) is 0 Å². The van der Waals surface area contributed by atoms with Crippen LogP contribution in [0.5, 0.6) is 0 Å². The number of benzene rings is 1. The predicted molar refractivity (Wildman–Crippen MR) is 115 cm³/mol. The molecule has 0 aliphatic carbocycles. The van der Waals surface area contributed by atoms with E-state index >= 15 is 0 Å². The normalized spacial score (nSPS) is 20.5. The number of nitrogens with zero attached hydrogens (tertiary/aromatic N) is 3.